The largest absolute Gasteiger partial charge is 0.496 e. The number of anilines is 2. The van der Waals surface area contributed by atoms with Crippen LogP contribution in [0.15, 0.2) is 42.5 Å². The molecule has 2 aromatic carbocycles. The van der Waals surface area contributed by atoms with E-state index < -0.39 is 0 Å². The summed E-state index contributed by atoms with van der Waals surface area (Å²) in [6.07, 6.45) is 2.30. The van der Waals surface area contributed by atoms with Crippen LogP contribution in [0.4, 0.5) is 11.4 Å². The number of fused-ring (bicyclic) bond motifs is 1. The summed E-state index contributed by atoms with van der Waals surface area (Å²) in [7, 11) is 1.69. The number of nitrogens with zero attached hydrogens (tertiary/aromatic N) is 3. The van der Waals surface area contributed by atoms with Gasteiger partial charge in [-0.25, -0.2) is 0 Å². The molecule has 0 atom stereocenters. The van der Waals surface area contributed by atoms with Crippen LogP contribution in [0, 0.1) is 0 Å². The zero-order valence-electron chi connectivity index (χ0n) is 16.9. The smallest absolute Gasteiger partial charge is 0.227 e. The maximum Gasteiger partial charge on any atom is 0.227 e. The summed E-state index contributed by atoms with van der Waals surface area (Å²) in [4.78, 5) is 19.3. The normalized spacial score (nSPS) is 17.4. The number of hydrogen-bond donors (Lipinski definition) is 0. The van der Waals surface area contributed by atoms with Crippen LogP contribution in [-0.2, 0) is 11.2 Å². The van der Waals surface area contributed by atoms with Crippen molar-refractivity contribution in [3.8, 4) is 5.75 Å². The molecule has 0 saturated carbocycles. The zero-order valence-corrected chi connectivity index (χ0v) is 17.7. The van der Waals surface area contributed by atoms with E-state index in [2.05, 4.69) is 15.9 Å². The molecule has 0 spiro atoms. The van der Waals surface area contributed by atoms with Crippen molar-refractivity contribution in [2.75, 3.05) is 56.2 Å². The molecule has 0 unspecified atom stereocenters. The number of methoxy groups -OCH3 is 1. The van der Waals surface area contributed by atoms with Crippen molar-refractivity contribution in [3.05, 3.63) is 53.1 Å². The Hall–Kier alpha value is -2.24. The Morgan fingerprint density at radius 3 is 2.55 bits per heavy atom. The van der Waals surface area contributed by atoms with Crippen LogP contribution in [0.3, 0.4) is 0 Å². The minimum Gasteiger partial charge on any atom is -0.496 e. The van der Waals surface area contributed by atoms with Crippen LogP contribution < -0.4 is 14.5 Å². The minimum atomic E-state index is 0.219. The van der Waals surface area contributed by atoms with E-state index in [0.29, 0.717) is 6.42 Å². The molecule has 0 radical (unpaired) electrons. The number of rotatable bonds is 6. The van der Waals surface area contributed by atoms with Crippen molar-refractivity contribution in [2.45, 2.75) is 19.3 Å². The molecule has 2 aliphatic heterocycles. The molecular weight excluding hydrogens is 386 g/mol. The van der Waals surface area contributed by atoms with Crippen molar-refractivity contribution < 1.29 is 9.53 Å². The van der Waals surface area contributed by atoms with E-state index in [1.807, 2.05) is 41.3 Å². The highest BCUT2D eigenvalue weighted by Gasteiger charge is 2.26. The van der Waals surface area contributed by atoms with Gasteiger partial charge in [0.2, 0.25) is 5.91 Å². The van der Waals surface area contributed by atoms with Crippen LogP contribution >= 0.6 is 11.6 Å². The molecule has 1 fully saturated rings. The third kappa shape index (κ3) is 4.51. The lowest BCUT2D eigenvalue weighted by Crippen LogP contribution is -2.47. The first kappa shape index (κ1) is 20.0. The Bertz CT molecular complexity index is 865. The van der Waals surface area contributed by atoms with E-state index in [-0.39, 0.29) is 5.91 Å². The second kappa shape index (κ2) is 9.06. The van der Waals surface area contributed by atoms with Gasteiger partial charge in [0.25, 0.3) is 0 Å². The molecule has 29 heavy (non-hydrogen) atoms. The molecule has 0 aromatic heterocycles. The molecule has 1 amide bonds. The average molecular weight is 414 g/mol. The highest BCUT2D eigenvalue weighted by atomic mass is 35.5. The fourth-order valence-corrected chi connectivity index (χ4v) is 4.54. The summed E-state index contributed by atoms with van der Waals surface area (Å²) >= 11 is 6.12. The Labute approximate surface area is 177 Å². The van der Waals surface area contributed by atoms with Crippen LogP contribution in [0.1, 0.15) is 18.4 Å². The van der Waals surface area contributed by atoms with Gasteiger partial charge in [0, 0.05) is 55.4 Å². The van der Waals surface area contributed by atoms with E-state index in [4.69, 9.17) is 16.3 Å². The van der Waals surface area contributed by atoms with Gasteiger partial charge < -0.3 is 14.5 Å². The van der Waals surface area contributed by atoms with Gasteiger partial charge in [-0.15, -0.1) is 0 Å². The monoisotopic (exact) mass is 413 g/mol. The molecule has 2 heterocycles. The third-order valence-electron chi connectivity index (χ3n) is 5.91. The first-order chi connectivity index (χ1) is 14.2. The molecular formula is C23H28ClN3O2. The van der Waals surface area contributed by atoms with Crippen LogP contribution in [0.5, 0.6) is 5.75 Å². The van der Waals surface area contributed by atoms with Gasteiger partial charge in [0.1, 0.15) is 5.75 Å². The Morgan fingerprint density at radius 2 is 1.79 bits per heavy atom. The number of halogens is 1. The average Bonchev–Trinajstić information content (AvgIpc) is 2.75. The predicted octanol–water partition coefficient (Wildman–Crippen LogP) is 3.84. The molecule has 0 N–H and O–H groups in total. The van der Waals surface area contributed by atoms with Gasteiger partial charge in [-0.2, -0.15) is 0 Å². The molecule has 4 rings (SSSR count). The van der Waals surface area contributed by atoms with Gasteiger partial charge in [-0.1, -0.05) is 23.7 Å². The number of benzene rings is 2. The topological polar surface area (TPSA) is 36.0 Å². The molecule has 1 saturated heterocycles. The van der Waals surface area contributed by atoms with Crippen molar-refractivity contribution in [3.63, 3.8) is 0 Å². The van der Waals surface area contributed by atoms with Gasteiger partial charge in [0.15, 0.2) is 0 Å². The Kier molecular flexibility index (Phi) is 6.26. The molecule has 0 bridgehead atoms. The quantitative estimate of drug-likeness (QED) is 0.720. The lowest BCUT2D eigenvalue weighted by atomic mass is 10.00. The lowest BCUT2D eigenvalue weighted by Gasteiger charge is -2.37. The highest BCUT2D eigenvalue weighted by Crippen LogP contribution is 2.34. The fraction of sp³-hybridized carbons (Fsp3) is 0.435. The van der Waals surface area contributed by atoms with E-state index in [0.717, 1.165) is 74.1 Å². The second-order valence-electron chi connectivity index (χ2n) is 7.67. The first-order valence-corrected chi connectivity index (χ1v) is 10.7. The number of ether oxygens (including phenoxy) is 1. The fourth-order valence-electron chi connectivity index (χ4n) is 4.35. The highest BCUT2D eigenvalue weighted by molar-refractivity contribution is 6.30. The Morgan fingerprint density at radius 1 is 1.00 bits per heavy atom. The van der Waals surface area contributed by atoms with Gasteiger partial charge in [0.05, 0.1) is 12.8 Å². The van der Waals surface area contributed by atoms with Gasteiger partial charge in [-0.05, 0) is 49.7 Å². The zero-order chi connectivity index (χ0) is 20.2. The molecule has 2 aromatic rings. The van der Waals surface area contributed by atoms with Crippen molar-refractivity contribution in [1.29, 1.82) is 0 Å². The summed E-state index contributed by atoms with van der Waals surface area (Å²) in [6, 6.07) is 14.1. The van der Waals surface area contributed by atoms with E-state index in [1.165, 1.54) is 5.69 Å². The minimum absolute atomic E-state index is 0.219. The maximum atomic E-state index is 12.5. The molecule has 5 nitrogen and oxygen atoms in total. The van der Waals surface area contributed by atoms with Gasteiger partial charge >= 0.3 is 0 Å². The van der Waals surface area contributed by atoms with Crippen molar-refractivity contribution >= 4 is 28.9 Å². The number of carbonyl (C=O) groups is 1. The number of amides is 1. The van der Waals surface area contributed by atoms with Crippen LogP contribution in [-0.4, -0.2) is 57.2 Å². The standard InChI is InChI=1S/C23H28ClN3O2/c1-29-22-8-3-7-21-20(22)9-10-23(28)27(21)12-4-11-25-13-15-26(16-14-25)19-6-2-5-18(24)17-19/h2-3,5-8,17H,4,9-16H2,1H3. The van der Waals surface area contributed by atoms with Crippen LogP contribution in [0.25, 0.3) is 0 Å². The summed E-state index contributed by atoms with van der Waals surface area (Å²) in [6.45, 7) is 5.84. The summed E-state index contributed by atoms with van der Waals surface area (Å²) < 4.78 is 5.49. The van der Waals surface area contributed by atoms with Crippen molar-refractivity contribution in [1.82, 2.24) is 4.90 Å². The molecule has 2 aliphatic rings. The maximum absolute atomic E-state index is 12.5. The van der Waals surface area contributed by atoms with Gasteiger partial charge in [-0.3, -0.25) is 9.69 Å². The van der Waals surface area contributed by atoms with E-state index in [1.54, 1.807) is 7.11 Å². The Balaban J connectivity index is 1.30. The van der Waals surface area contributed by atoms with Crippen molar-refractivity contribution in [2.24, 2.45) is 0 Å². The third-order valence-corrected chi connectivity index (χ3v) is 6.15. The lowest BCUT2D eigenvalue weighted by molar-refractivity contribution is -0.118. The summed E-state index contributed by atoms with van der Waals surface area (Å²) in [5, 5.41) is 0.785. The summed E-state index contributed by atoms with van der Waals surface area (Å²) in [5.41, 5.74) is 3.37. The molecule has 154 valence electrons. The molecule has 6 heteroatoms. The predicted molar refractivity (Wildman–Crippen MR) is 118 cm³/mol. The SMILES string of the molecule is COc1cccc2c1CCC(=O)N2CCCN1CCN(c2cccc(Cl)c2)CC1. The van der Waals surface area contributed by atoms with Crippen LogP contribution in [0.2, 0.25) is 5.02 Å². The summed E-state index contributed by atoms with van der Waals surface area (Å²) in [5.74, 6) is 1.11. The van der Waals surface area contributed by atoms with E-state index >= 15 is 0 Å². The number of carbonyl (C=O) groups excluding carboxylic acids is 1. The number of piperazine rings is 1. The molecule has 0 aliphatic carbocycles. The first-order valence-electron chi connectivity index (χ1n) is 10.3. The second-order valence-corrected chi connectivity index (χ2v) is 8.10. The number of hydrogen-bond acceptors (Lipinski definition) is 4. The van der Waals surface area contributed by atoms with E-state index in [9.17, 15) is 4.79 Å².